The Morgan fingerprint density at radius 3 is 2.60 bits per heavy atom. The predicted octanol–water partition coefficient (Wildman–Crippen LogP) is 6.54. The molecule has 5 nitrogen and oxygen atoms in total. The van der Waals surface area contributed by atoms with Crippen LogP contribution in [0, 0.1) is 58.7 Å². The summed E-state index contributed by atoms with van der Waals surface area (Å²) >= 11 is 0. The van der Waals surface area contributed by atoms with Gasteiger partial charge in [-0.05, 0) is 105 Å². The SMILES string of the molecule is C#CCCCCOC(=O)CC[C@@H](C)[C@H]1CCC2C3CC4(N=N4)[C@@H]4C[C@H](O)CC[C@]4(C)C3CC[C@@]21C. The zero-order valence-corrected chi connectivity index (χ0v) is 22.2. The summed E-state index contributed by atoms with van der Waals surface area (Å²) in [6.45, 7) is 7.95. The second kappa shape index (κ2) is 9.47. The topological polar surface area (TPSA) is 71.2 Å². The quantitative estimate of drug-likeness (QED) is 0.242. The molecule has 0 saturated heterocycles. The second-order valence-corrected chi connectivity index (χ2v) is 13.3. The smallest absolute Gasteiger partial charge is 0.305 e. The van der Waals surface area contributed by atoms with Crippen molar-refractivity contribution in [3.05, 3.63) is 0 Å². The third kappa shape index (κ3) is 4.36. The van der Waals surface area contributed by atoms with E-state index in [-0.39, 0.29) is 23.2 Å². The van der Waals surface area contributed by atoms with Crippen LogP contribution in [0.2, 0.25) is 0 Å². The van der Waals surface area contributed by atoms with Gasteiger partial charge in [-0.1, -0.05) is 20.8 Å². The zero-order valence-electron chi connectivity index (χ0n) is 22.2. The second-order valence-electron chi connectivity index (χ2n) is 13.3. The predicted molar refractivity (Wildman–Crippen MR) is 136 cm³/mol. The number of hydrogen-bond acceptors (Lipinski definition) is 5. The number of rotatable bonds is 8. The van der Waals surface area contributed by atoms with E-state index in [1.165, 1.54) is 25.7 Å². The Balaban J connectivity index is 1.21. The van der Waals surface area contributed by atoms with Crippen molar-refractivity contribution in [2.75, 3.05) is 6.61 Å². The number of aliphatic hydroxyl groups is 1. The summed E-state index contributed by atoms with van der Waals surface area (Å²) in [5.41, 5.74) is 0.428. The largest absolute Gasteiger partial charge is 0.466 e. The van der Waals surface area contributed by atoms with Gasteiger partial charge in [0.15, 0.2) is 5.66 Å². The van der Waals surface area contributed by atoms with E-state index in [1.807, 2.05) is 0 Å². The Kier molecular flexibility index (Phi) is 6.83. The maximum Gasteiger partial charge on any atom is 0.305 e. The molecular formula is C30H46N2O3. The minimum Gasteiger partial charge on any atom is -0.466 e. The average molecular weight is 483 g/mol. The fourth-order valence-corrected chi connectivity index (χ4v) is 9.75. The van der Waals surface area contributed by atoms with Crippen molar-refractivity contribution in [3.8, 4) is 12.3 Å². The number of fused-ring (bicyclic) bond motifs is 6. The summed E-state index contributed by atoms with van der Waals surface area (Å²) in [7, 11) is 0. The maximum atomic E-state index is 12.3. The van der Waals surface area contributed by atoms with E-state index in [0.717, 1.165) is 63.2 Å². The Morgan fingerprint density at radius 1 is 1.11 bits per heavy atom. The average Bonchev–Trinajstić information content (AvgIpc) is 3.50. The van der Waals surface area contributed by atoms with Crippen molar-refractivity contribution in [2.24, 2.45) is 56.6 Å². The summed E-state index contributed by atoms with van der Waals surface area (Å²) in [4.78, 5) is 12.3. The standard InChI is InChI=1S/C30H46N2O3/c1-5-6-7-8-17-35-27(34)12-9-20(2)23-10-11-24-22-19-30(31-32-30)26-18-21(33)13-15-29(26,4)25(22)14-16-28(23,24)3/h1,20-26,33H,6-19H2,2-4H3/t20-,21-,22?,23-,24?,25?,26-,28-,29-/m1/s1. The highest BCUT2D eigenvalue weighted by Gasteiger charge is 2.69. The van der Waals surface area contributed by atoms with Gasteiger partial charge < -0.3 is 9.84 Å². The number of carbonyl (C=O) groups excluding carboxylic acids is 1. The molecule has 0 aromatic rings. The van der Waals surface area contributed by atoms with Crippen molar-refractivity contribution in [3.63, 3.8) is 0 Å². The summed E-state index contributed by atoms with van der Waals surface area (Å²) in [5.74, 6) is 6.42. The molecule has 0 amide bonds. The van der Waals surface area contributed by atoms with Crippen molar-refractivity contribution in [1.82, 2.24) is 0 Å². The van der Waals surface area contributed by atoms with Crippen LogP contribution in [0.1, 0.15) is 104 Å². The van der Waals surface area contributed by atoms with E-state index >= 15 is 0 Å². The van der Waals surface area contributed by atoms with E-state index < -0.39 is 0 Å². The first kappa shape index (κ1) is 25.2. The fraction of sp³-hybridized carbons (Fsp3) is 0.900. The van der Waals surface area contributed by atoms with E-state index in [9.17, 15) is 9.90 Å². The molecule has 4 fully saturated rings. The molecule has 0 aromatic heterocycles. The first-order valence-electron chi connectivity index (χ1n) is 14.4. The van der Waals surface area contributed by atoms with Crippen LogP contribution < -0.4 is 0 Å². The molecule has 35 heavy (non-hydrogen) atoms. The Labute approximate surface area is 212 Å². The van der Waals surface area contributed by atoms with Gasteiger partial charge in [-0.25, -0.2) is 0 Å². The molecule has 1 aliphatic heterocycles. The first-order valence-corrected chi connectivity index (χ1v) is 14.4. The first-order chi connectivity index (χ1) is 16.7. The molecule has 0 radical (unpaired) electrons. The number of nitrogens with zero attached hydrogens (tertiary/aromatic N) is 2. The van der Waals surface area contributed by atoms with Crippen LogP contribution >= 0.6 is 0 Å². The molecule has 5 heteroatoms. The molecular weight excluding hydrogens is 436 g/mol. The number of aliphatic hydroxyl groups excluding tert-OH is 1. The summed E-state index contributed by atoms with van der Waals surface area (Å²) in [5, 5.41) is 19.8. The van der Waals surface area contributed by atoms with Crippen LogP contribution in [0.25, 0.3) is 0 Å². The van der Waals surface area contributed by atoms with E-state index in [0.29, 0.717) is 42.1 Å². The molecule has 1 N–H and O–H groups in total. The van der Waals surface area contributed by atoms with E-state index in [2.05, 4.69) is 36.9 Å². The molecule has 5 rings (SSSR count). The molecule has 194 valence electrons. The maximum absolute atomic E-state index is 12.3. The van der Waals surface area contributed by atoms with Crippen LogP contribution in [0.4, 0.5) is 0 Å². The lowest BCUT2D eigenvalue weighted by atomic mass is 9.42. The summed E-state index contributed by atoms with van der Waals surface area (Å²) in [6.07, 6.45) is 18.4. The van der Waals surface area contributed by atoms with Gasteiger partial charge in [0.2, 0.25) is 0 Å². The number of hydrogen-bond donors (Lipinski definition) is 1. The van der Waals surface area contributed by atoms with Gasteiger partial charge in [-0.2, -0.15) is 10.2 Å². The highest BCUT2D eigenvalue weighted by atomic mass is 16.5. The number of esters is 1. The van der Waals surface area contributed by atoms with Crippen LogP contribution in [0.15, 0.2) is 10.2 Å². The van der Waals surface area contributed by atoms with Gasteiger partial charge in [-0.3, -0.25) is 4.79 Å². The van der Waals surface area contributed by atoms with Crippen LogP contribution in [-0.4, -0.2) is 29.4 Å². The molecule has 1 heterocycles. The number of terminal acetylenes is 1. The van der Waals surface area contributed by atoms with Crippen LogP contribution in [0.5, 0.6) is 0 Å². The third-order valence-electron chi connectivity index (χ3n) is 11.6. The van der Waals surface area contributed by atoms with Gasteiger partial charge in [0, 0.05) is 25.2 Å². The third-order valence-corrected chi connectivity index (χ3v) is 11.6. The number of ether oxygens (including phenoxy) is 1. The highest BCUT2D eigenvalue weighted by Crippen LogP contribution is 2.72. The van der Waals surface area contributed by atoms with Crippen molar-refractivity contribution in [2.45, 2.75) is 116 Å². The lowest BCUT2D eigenvalue weighted by Gasteiger charge is -2.62. The summed E-state index contributed by atoms with van der Waals surface area (Å²) in [6, 6.07) is 0. The van der Waals surface area contributed by atoms with Crippen LogP contribution in [-0.2, 0) is 9.53 Å². The monoisotopic (exact) mass is 482 g/mol. The van der Waals surface area contributed by atoms with Crippen LogP contribution in [0.3, 0.4) is 0 Å². The van der Waals surface area contributed by atoms with Crippen molar-refractivity contribution >= 4 is 5.97 Å². The Bertz CT molecular complexity index is 873. The number of unbranched alkanes of at least 4 members (excludes halogenated alkanes) is 2. The van der Waals surface area contributed by atoms with Gasteiger partial charge in [0.25, 0.3) is 0 Å². The van der Waals surface area contributed by atoms with Gasteiger partial charge in [0.1, 0.15) is 0 Å². The Morgan fingerprint density at radius 2 is 1.86 bits per heavy atom. The van der Waals surface area contributed by atoms with Gasteiger partial charge in [-0.15, -0.1) is 12.3 Å². The number of carbonyl (C=O) groups is 1. The molecule has 4 aliphatic carbocycles. The van der Waals surface area contributed by atoms with E-state index in [4.69, 9.17) is 11.2 Å². The van der Waals surface area contributed by atoms with Crippen molar-refractivity contribution in [1.29, 1.82) is 0 Å². The van der Waals surface area contributed by atoms with E-state index in [1.54, 1.807) is 0 Å². The Hall–Kier alpha value is -1.41. The molecule has 0 aromatic carbocycles. The lowest BCUT2D eigenvalue weighted by Crippen LogP contribution is -2.59. The lowest BCUT2D eigenvalue weighted by molar-refractivity contribution is -0.147. The van der Waals surface area contributed by atoms with Crippen molar-refractivity contribution < 1.29 is 14.6 Å². The molecule has 0 bridgehead atoms. The molecule has 3 unspecified atom stereocenters. The van der Waals surface area contributed by atoms with Gasteiger partial charge >= 0.3 is 5.97 Å². The fourth-order valence-electron chi connectivity index (χ4n) is 9.75. The minimum absolute atomic E-state index is 0.0504. The summed E-state index contributed by atoms with van der Waals surface area (Å²) < 4.78 is 5.46. The molecule has 1 spiro atoms. The minimum atomic E-state index is -0.191. The molecule has 5 aliphatic rings. The normalized spacial score (nSPS) is 43.5. The van der Waals surface area contributed by atoms with Gasteiger partial charge in [0.05, 0.1) is 12.7 Å². The molecule has 4 saturated carbocycles. The molecule has 9 atom stereocenters. The highest BCUT2D eigenvalue weighted by molar-refractivity contribution is 5.69. The zero-order chi connectivity index (χ0) is 24.8.